The molecule has 0 radical (unpaired) electrons. The molecule has 1 aromatic rings. The first-order chi connectivity index (χ1) is 12.8. The van der Waals surface area contributed by atoms with Gasteiger partial charge in [0.2, 0.25) is 15.9 Å². The number of carboxylic acids is 1. The highest BCUT2D eigenvalue weighted by atomic mass is 32.2. The van der Waals surface area contributed by atoms with Crippen LogP contribution < -0.4 is 5.32 Å². The lowest BCUT2D eigenvalue weighted by Crippen LogP contribution is -2.46. The molecule has 0 aromatic heterocycles. The Labute approximate surface area is 159 Å². The van der Waals surface area contributed by atoms with Gasteiger partial charge in [-0.05, 0) is 68.7 Å². The Morgan fingerprint density at radius 1 is 1.15 bits per heavy atom. The molecule has 148 valence electrons. The number of aliphatic carboxylic acids is 1. The van der Waals surface area contributed by atoms with Crippen molar-refractivity contribution in [2.75, 3.05) is 13.1 Å². The number of aryl methyl sites for hydroxylation is 2. The van der Waals surface area contributed by atoms with E-state index in [4.69, 9.17) is 5.11 Å². The number of hydrogen-bond acceptors (Lipinski definition) is 4. The normalized spacial score (nSPS) is 19.9. The Morgan fingerprint density at radius 3 is 2.41 bits per heavy atom. The minimum absolute atomic E-state index is 0.263. The summed E-state index contributed by atoms with van der Waals surface area (Å²) in [6, 6.07) is 4.47. The van der Waals surface area contributed by atoms with Crippen molar-refractivity contribution >= 4 is 21.9 Å². The Kier molecular flexibility index (Phi) is 5.86. The van der Waals surface area contributed by atoms with Gasteiger partial charge in [0, 0.05) is 19.0 Å². The molecule has 1 amide bonds. The van der Waals surface area contributed by atoms with E-state index in [1.807, 2.05) is 6.07 Å². The number of carboxylic acid groups (broad SMARTS) is 1. The second-order valence-corrected chi connectivity index (χ2v) is 9.32. The monoisotopic (exact) mass is 394 g/mol. The summed E-state index contributed by atoms with van der Waals surface area (Å²) in [5.74, 6) is -1.77. The molecule has 0 saturated carbocycles. The third-order valence-corrected chi connectivity index (χ3v) is 7.41. The Hall–Kier alpha value is -1.93. The molecule has 27 heavy (non-hydrogen) atoms. The van der Waals surface area contributed by atoms with Gasteiger partial charge in [-0.1, -0.05) is 6.07 Å². The maximum absolute atomic E-state index is 13.0. The number of benzene rings is 1. The smallest absolute Gasteiger partial charge is 0.325 e. The second kappa shape index (κ2) is 7.98. The molecule has 1 heterocycles. The van der Waals surface area contributed by atoms with Crippen LogP contribution in [0.2, 0.25) is 0 Å². The number of fused-ring (bicyclic) bond motifs is 1. The second-order valence-electron chi connectivity index (χ2n) is 7.38. The van der Waals surface area contributed by atoms with Gasteiger partial charge < -0.3 is 10.4 Å². The fourth-order valence-corrected chi connectivity index (χ4v) is 5.29. The van der Waals surface area contributed by atoms with Crippen LogP contribution >= 0.6 is 0 Å². The predicted molar refractivity (Wildman–Crippen MR) is 99.8 cm³/mol. The minimum atomic E-state index is -3.57. The van der Waals surface area contributed by atoms with Crippen LogP contribution in [-0.2, 0) is 32.5 Å². The molecule has 1 fully saturated rings. The van der Waals surface area contributed by atoms with Gasteiger partial charge >= 0.3 is 5.97 Å². The predicted octanol–water partition coefficient (Wildman–Crippen LogP) is 1.56. The van der Waals surface area contributed by atoms with Gasteiger partial charge in [0.15, 0.2) is 0 Å². The van der Waals surface area contributed by atoms with Crippen LogP contribution in [0.1, 0.15) is 43.7 Å². The third kappa shape index (κ3) is 4.32. The summed E-state index contributed by atoms with van der Waals surface area (Å²) >= 11 is 0. The van der Waals surface area contributed by atoms with Gasteiger partial charge in [-0.3, -0.25) is 9.59 Å². The highest BCUT2D eigenvalue weighted by Crippen LogP contribution is 2.28. The molecule has 1 saturated heterocycles. The summed E-state index contributed by atoms with van der Waals surface area (Å²) in [5.41, 5.74) is 2.36. The van der Waals surface area contributed by atoms with Gasteiger partial charge in [0.05, 0.1) is 4.90 Å². The van der Waals surface area contributed by atoms with Crippen LogP contribution in [-0.4, -0.2) is 48.8 Å². The fourth-order valence-electron chi connectivity index (χ4n) is 3.77. The lowest BCUT2D eigenvalue weighted by atomic mass is 9.92. The summed E-state index contributed by atoms with van der Waals surface area (Å²) in [7, 11) is -3.57. The first-order valence-electron chi connectivity index (χ1n) is 9.44. The van der Waals surface area contributed by atoms with Crippen LogP contribution in [0, 0.1) is 5.92 Å². The number of rotatable bonds is 5. The first-order valence-corrected chi connectivity index (χ1v) is 10.9. The quantitative estimate of drug-likeness (QED) is 0.789. The average molecular weight is 394 g/mol. The van der Waals surface area contributed by atoms with E-state index >= 15 is 0 Å². The van der Waals surface area contributed by atoms with Crippen LogP contribution in [0.4, 0.5) is 0 Å². The van der Waals surface area contributed by atoms with Crippen molar-refractivity contribution in [2.45, 2.75) is 56.4 Å². The van der Waals surface area contributed by atoms with E-state index in [1.165, 1.54) is 16.8 Å². The van der Waals surface area contributed by atoms with Crippen LogP contribution in [0.3, 0.4) is 0 Å². The topological polar surface area (TPSA) is 104 Å². The molecule has 1 aliphatic carbocycles. The summed E-state index contributed by atoms with van der Waals surface area (Å²) < 4.78 is 27.4. The van der Waals surface area contributed by atoms with E-state index < -0.39 is 22.0 Å². The zero-order chi connectivity index (χ0) is 19.6. The molecule has 0 bridgehead atoms. The van der Waals surface area contributed by atoms with Crippen molar-refractivity contribution in [2.24, 2.45) is 5.92 Å². The first kappa shape index (κ1) is 19.8. The van der Waals surface area contributed by atoms with Crippen molar-refractivity contribution in [1.29, 1.82) is 0 Å². The van der Waals surface area contributed by atoms with E-state index in [0.29, 0.717) is 17.7 Å². The molecular weight excluding hydrogens is 368 g/mol. The van der Waals surface area contributed by atoms with E-state index in [1.54, 1.807) is 12.1 Å². The van der Waals surface area contributed by atoms with Gasteiger partial charge in [0.1, 0.15) is 6.04 Å². The van der Waals surface area contributed by atoms with Gasteiger partial charge in [-0.25, -0.2) is 8.42 Å². The van der Waals surface area contributed by atoms with Gasteiger partial charge in [0.25, 0.3) is 0 Å². The molecule has 1 aliphatic heterocycles. The number of piperidine rings is 1. The number of hydrogen-bond donors (Lipinski definition) is 2. The Bertz CT molecular complexity index is 829. The van der Waals surface area contributed by atoms with Crippen LogP contribution in [0.15, 0.2) is 23.1 Å². The molecule has 0 unspecified atom stereocenters. The number of nitrogens with zero attached hydrogens (tertiary/aromatic N) is 1. The fraction of sp³-hybridized carbons (Fsp3) is 0.579. The maximum atomic E-state index is 13.0. The minimum Gasteiger partial charge on any atom is -0.480 e. The summed E-state index contributed by atoms with van der Waals surface area (Å²) in [4.78, 5) is 23.3. The lowest BCUT2D eigenvalue weighted by molar-refractivity contribution is -0.142. The zero-order valence-corrected chi connectivity index (χ0v) is 16.3. The molecule has 2 aliphatic rings. The van der Waals surface area contributed by atoms with Crippen LogP contribution in [0.5, 0.6) is 0 Å². The van der Waals surface area contributed by atoms with Gasteiger partial charge in [-0.2, -0.15) is 4.31 Å². The van der Waals surface area contributed by atoms with Crippen molar-refractivity contribution in [3.63, 3.8) is 0 Å². The zero-order valence-electron chi connectivity index (χ0n) is 15.5. The molecule has 1 atom stereocenters. The van der Waals surface area contributed by atoms with E-state index in [0.717, 1.165) is 31.2 Å². The summed E-state index contributed by atoms with van der Waals surface area (Å²) in [6.45, 7) is 1.94. The number of carbonyl (C=O) groups is 2. The SMILES string of the molecule is C[C@@H](NC(=O)C1CCN(S(=O)(=O)c2ccc3c(c2)CCCC3)CC1)C(=O)O. The van der Waals surface area contributed by atoms with E-state index in [2.05, 4.69) is 5.32 Å². The summed E-state index contributed by atoms with van der Waals surface area (Å²) in [6.07, 6.45) is 4.94. The molecule has 2 N–H and O–H groups in total. The average Bonchev–Trinajstić information content (AvgIpc) is 2.67. The maximum Gasteiger partial charge on any atom is 0.325 e. The molecule has 8 heteroatoms. The van der Waals surface area contributed by atoms with Gasteiger partial charge in [-0.15, -0.1) is 0 Å². The summed E-state index contributed by atoms with van der Waals surface area (Å²) in [5, 5.41) is 11.3. The Morgan fingerprint density at radius 2 is 1.78 bits per heavy atom. The number of sulfonamides is 1. The van der Waals surface area contributed by atoms with Crippen LogP contribution in [0.25, 0.3) is 0 Å². The highest BCUT2D eigenvalue weighted by Gasteiger charge is 2.33. The number of amides is 1. The van der Waals surface area contributed by atoms with Crippen molar-refractivity contribution in [1.82, 2.24) is 9.62 Å². The van der Waals surface area contributed by atoms with E-state index in [-0.39, 0.29) is 24.9 Å². The largest absolute Gasteiger partial charge is 0.480 e. The van der Waals surface area contributed by atoms with E-state index in [9.17, 15) is 18.0 Å². The Balaban J connectivity index is 1.65. The molecule has 1 aromatic carbocycles. The highest BCUT2D eigenvalue weighted by molar-refractivity contribution is 7.89. The molecule has 3 rings (SSSR count). The molecule has 0 spiro atoms. The lowest BCUT2D eigenvalue weighted by Gasteiger charge is -2.31. The molecule has 7 nitrogen and oxygen atoms in total. The third-order valence-electron chi connectivity index (χ3n) is 5.51. The number of nitrogens with one attached hydrogen (secondary N) is 1. The number of carbonyl (C=O) groups excluding carboxylic acids is 1. The van der Waals surface area contributed by atoms with Crippen molar-refractivity contribution in [3.05, 3.63) is 29.3 Å². The standard InChI is InChI=1S/C19H26N2O5S/c1-13(19(23)24)20-18(22)15-8-10-21(11-9-15)27(25,26)17-7-6-14-4-2-3-5-16(14)12-17/h6-7,12-13,15H,2-5,8-11H2,1H3,(H,20,22)(H,23,24)/t13-/m1/s1. The van der Waals surface area contributed by atoms with Crippen molar-refractivity contribution < 1.29 is 23.1 Å². The van der Waals surface area contributed by atoms with Crippen molar-refractivity contribution in [3.8, 4) is 0 Å². The molecular formula is C19H26N2O5S.